The number of nitriles is 1. The molecule has 0 unspecified atom stereocenters. The number of benzene rings is 2. The number of carbonyl (C=O) groups excluding carboxylic acids is 1. The number of ether oxygens (including phenoxy) is 2. The van der Waals surface area contributed by atoms with Gasteiger partial charge in [-0.3, -0.25) is 4.79 Å². The lowest BCUT2D eigenvalue weighted by Crippen LogP contribution is -2.46. The number of nitrogens with zero attached hydrogens (tertiary/aromatic N) is 2. The van der Waals surface area contributed by atoms with Crippen LogP contribution in [0, 0.1) is 18.3 Å². The number of hydrogen-bond acceptors (Lipinski definition) is 6. The molecule has 0 bridgehead atoms. The molecule has 2 aromatic rings. The van der Waals surface area contributed by atoms with Gasteiger partial charge in [0.05, 0.1) is 19.2 Å². The van der Waals surface area contributed by atoms with Gasteiger partial charge in [-0.2, -0.15) is 5.26 Å². The van der Waals surface area contributed by atoms with Gasteiger partial charge in [-0.1, -0.05) is 17.7 Å². The Balaban J connectivity index is 2.21. The first-order valence-corrected chi connectivity index (χ1v) is 8.67. The molecule has 138 valence electrons. The van der Waals surface area contributed by atoms with E-state index in [1.807, 2.05) is 37.3 Å². The van der Waals surface area contributed by atoms with Crippen LogP contribution in [0.3, 0.4) is 0 Å². The number of aryl methyl sites for hydroxylation is 1. The van der Waals surface area contributed by atoms with Gasteiger partial charge in [0.1, 0.15) is 29.3 Å². The van der Waals surface area contributed by atoms with Gasteiger partial charge >= 0.3 is 0 Å². The summed E-state index contributed by atoms with van der Waals surface area (Å²) in [6.07, 6.45) is -0.616. The van der Waals surface area contributed by atoms with E-state index in [-0.39, 0.29) is 10.6 Å². The average molecular weight is 381 g/mol. The SMILES string of the molecule is COc1ccc(OC)c([C@H]2NC(=O)C(C#N)=C(S)N2c2ccc(C)cc2)c1. The van der Waals surface area contributed by atoms with Crippen molar-refractivity contribution in [1.82, 2.24) is 5.32 Å². The maximum Gasteiger partial charge on any atom is 0.266 e. The molecule has 0 aromatic heterocycles. The smallest absolute Gasteiger partial charge is 0.266 e. The van der Waals surface area contributed by atoms with Crippen molar-refractivity contribution in [1.29, 1.82) is 5.26 Å². The van der Waals surface area contributed by atoms with Gasteiger partial charge in [0, 0.05) is 11.3 Å². The first-order chi connectivity index (χ1) is 13.0. The molecule has 0 saturated carbocycles. The topological polar surface area (TPSA) is 74.6 Å². The fourth-order valence-electron chi connectivity index (χ4n) is 2.95. The van der Waals surface area contributed by atoms with Crippen LogP contribution in [0.2, 0.25) is 0 Å². The quantitative estimate of drug-likeness (QED) is 0.795. The number of rotatable bonds is 4. The number of anilines is 1. The minimum absolute atomic E-state index is 0.0444. The molecule has 2 aromatic carbocycles. The highest BCUT2D eigenvalue weighted by molar-refractivity contribution is 7.84. The zero-order valence-electron chi connectivity index (χ0n) is 15.2. The zero-order chi connectivity index (χ0) is 19.6. The van der Waals surface area contributed by atoms with Crippen molar-refractivity contribution >= 4 is 24.2 Å². The molecule has 0 fully saturated rings. The molecule has 1 heterocycles. The second-order valence-corrected chi connectivity index (χ2v) is 6.42. The average Bonchev–Trinajstić information content (AvgIpc) is 2.68. The van der Waals surface area contributed by atoms with Gasteiger partial charge in [-0.05, 0) is 37.3 Å². The van der Waals surface area contributed by atoms with Crippen LogP contribution in [-0.2, 0) is 4.79 Å². The molecule has 1 aliphatic heterocycles. The van der Waals surface area contributed by atoms with Crippen LogP contribution in [0.5, 0.6) is 11.5 Å². The molecule has 1 aliphatic rings. The maximum absolute atomic E-state index is 12.5. The molecule has 1 N–H and O–H groups in total. The van der Waals surface area contributed by atoms with Crippen LogP contribution in [0.4, 0.5) is 5.69 Å². The Morgan fingerprint density at radius 1 is 1.15 bits per heavy atom. The highest BCUT2D eigenvalue weighted by Crippen LogP contribution is 2.39. The lowest BCUT2D eigenvalue weighted by atomic mass is 10.0. The molecule has 1 amide bonds. The second kappa shape index (κ2) is 7.64. The monoisotopic (exact) mass is 381 g/mol. The Bertz CT molecular complexity index is 948. The summed E-state index contributed by atoms with van der Waals surface area (Å²) in [7, 11) is 3.13. The van der Waals surface area contributed by atoms with E-state index in [9.17, 15) is 10.1 Å². The fourth-order valence-corrected chi connectivity index (χ4v) is 3.34. The summed E-state index contributed by atoms with van der Waals surface area (Å²) in [5.74, 6) is 0.722. The van der Waals surface area contributed by atoms with E-state index in [0.29, 0.717) is 17.1 Å². The summed E-state index contributed by atoms with van der Waals surface area (Å²) in [5.41, 5.74) is 2.53. The predicted octanol–water partition coefficient (Wildman–Crippen LogP) is 3.31. The van der Waals surface area contributed by atoms with Crippen LogP contribution in [-0.4, -0.2) is 20.1 Å². The first kappa shape index (κ1) is 18.7. The van der Waals surface area contributed by atoms with Crippen molar-refractivity contribution < 1.29 is 14.3 Å². The van der Waals surface area contributed by atoms with Crippen molar-refractivity contribution in [3.8, 4) is 17.6 Å². The Morgan fingerprint density at radius 2 is 1.85 bits per heavy atom. The standard InChI is InChI=1S/C20H19N3O3S/c1-12-4-6-13(7-5-12)23-18(22-19(24)16(11-21)20(23)27)15-10-14(25-2)8-9-17(15)26-3/h4-10,18,27H,1-3H3,(H,22,24)/t18-/m0/s1. The molecule has 0 aliphatic carbocycles. The van der Waals surface area contributed by atoms with E-state index < -0.39 is 12.1 Å². The molecule has 6 nitrogen and oxygen atoms in total. The third-order valence-electron chi connectivity index (χ3n) is 4.36. The van der Waals surface area contributed by atoms with E-state index in [1.165, 1.54) is 0 Å². The summed E-state index contributed by atoms with van der Waals surface area (Å²) < 4.78 is 10.8. The number of amides is 1. The molecule has 7 heteroatoms. The highest BCUT2D eigenvalue weighted by Gasteiger charge is 2.35. The fraction of sp³-hybridized carbons (Fsp3) is 0.200. The van der Waals surface area contributed by atoms with E-state index in [4.69, 9.17) is 9.47 Å². The van der Waals surface area contributed by atoms with Gasteiger partial charge in [-0.25, -0.2) is 0 Å². The number of methoxy groups -OCH3 is 2. The van der Waals surface area contributed by atoms with Gasteiger partial charge < -0.3 is 19.7 Å². The molecular weight excluding hydrogens is 362 g/mol. The van der Waals surface area contributed by atoms with E-state index in [2.05, 4.69) is 17.9 Å². The summed E-state index contributed by atoms with van der Waals surface area (Å²) in [6.45, 7) is 1.99. The van der Waals surface area contributed by atoms with Crippen LogP contribution in [0.1, 0.15) is 17.3 Å². The van der Waals surface area contributed by atoms with Gasteiger partial charge in [0.15, 0.2) is 0 Å². The molecular formula is C20H19N3O3S. The Morgan fingerprint density at radius 3 is 2.44 bits per heavy atom. The number of carbonyl (C=O) groups is 1. The van der Waals surface area contributed by atoms with Crippen molar-refractivity contribution in [3.05, 3.63) is 64.2 Å². The van der Waals surface area contributed by atoms with Crippen LogP contribution in [0.15, 0.2) is 53.1 Å². The summed E-state index contributed by atoms with van der Waals surface area (Å²) in [4.78, 5) is 14.3. The van der Waals surface area contributed by atoms with Gasteiger partial charge in [0.2, 0.25) is 0 Å². The molecule has 0 spiro atoms. The summed E-state index contributed by atoms with van der Waals surface area (Å²) in [6, 6.07) is 15.0. The Kier molecular flexibility index (Phi) is 5.28. The second-order valence-electron chi connectivity index (χ2n) is 6.00. The normalized spacial score (nSPS) is 16.6. The molecule has 1 atom stereocenters. The molecule has 0 saturated heterocycles. The molecule has 3 rings (SSSR count). The van der Waals surface area contributed by atoms with E-state index in [1.54, 1.807) is 37.3 Å². The highest BCUT2D eigenvalue weighted by atomic mass is 32.1. The third kappa shape index (κ3) is 3.44. The number of thiol groups is 1. The maximum atomic E-state index is 12.5. The number of hydrogen-bond donors (Lipinski definition) is 2. The first-order valence-electron chi connectivity index (χ1n) is 8.22. The largest absolute Gasteiger partial charge is 0.497 e. The van der Waals surface area contributed by atoms with Crippen LogP contribution < -0.4 is 19.7 Å². The van der Waals surface area contributed by atoms with Gasteiger partial charge in [-0.15, -0.1) is 12.6 Å². The molecule has 0 radical (unpaired) electrons. The third-order valence-corrected chi connectivity index (χ3v) is 4.80. The summed E-state index contributed by atoms with van der Waals surface area (Å²) in [5, 5.41) is 12.5. The Hall–Kier alpha value is -3.11. The van der Waals surface area contributed by atoms with Crippen molar-refractivity contribution in [2.75, 3.05) is 19.1 Å². The minimum atomic E-state index is -0.616. The van der Waals surface area contributed by atoms with Crippen molar-refractivity contribution in [2.24, 2.45) is 0 Å². The van der Waals surface area contributed by atoms with E-state index in [0.717, 1.165) is 11.3 Å². The van der Waals surface area contributed by atoms with Crippen LogP contribution >= 0.6 is 12.6 Å². The predicted molar refractivity (Wildman–Crippen MR) is 106 cm³/mol. The zero-order valence-corrected chi connectivity index (χ0v) is 16.1. The van der Waals surface area contributed by atoms with E-state index >= 15 is 0 Å². The number of nitrogens with one attached hydrogen (secondary N) is 1. The molecule has 27 heavy (non-hydrogen) atoms. The lowest BCUT2D eigenvalue weighted by Gasteiger charge is -2.38. The lowest BCUT2D eigenvalue weighted by molar-refractivity contribution is -0.118. The van der Waals surface area contributed by atoms with Crippen LogP contribution in [0.25, 0.3) is 0 Å². The minimum Gasteiger partial charge on any atom is -0.497 e. The van der Waals surface area contributed by atoms with Gasteiger partial charge in [0.25, 0.3) is 5.91 Å². The Labute approximate surface area is 163 Å². The van der Waals surface area contributed by atoms with Crippen molar-refractivity contribution in [3.63, 3.8) is 0 Å². The van der Waals surface area contributed by atoms with Crippen molar-refractivity contribution in [2.45, 2.75) is 13.1 Å². The summed E-state index contributed by atoms with van der Waals surface area (Å²) >= 11 is 4.50.